The van der Waals surface area contributed by atoms with Crippen molar-refractivity contribution in [3.05, 3.63) is 40.8 Å². The van der Waals surface area contributed by atoms with E-state index in [9.17, 15) is 0 Å². The number of hydrogen-bond donors (Lipinski definition) is 1. The summed E-state index contributed by atoms with van der Waals surface area (Å²) in [6.07, 6.45) is 1.95. The Labute approximate surface area is 106 Å². The molecule has 2 aromatic rings. The lowest BCUT2D eigenvalue weighted by Gasteiger charge is -2.08. The SMILES string of the molecule is COCCn1c(-c2ccc(C)cc2)c[nH]c1=S. The minimum atomic E-state index is 0.658. The Bertz CT molecular complexity index is 539. The first kappa shape index (κ1) is 12.1. The number of imidazole rings is 1. The van der Waals surface area contributed by atoms with Gasteiger partial charge in [-0.15, -0.1) is 0 Å². The summed E-state index contributed by atoms with van der Waals surface area (Å²) in [5.74, 6) is 0. The molecule has 0 saturated heterocycles. The quantitative estimate of drug-likeness (QED) is 0.842. The van der Waals surface area contributed by atoms with E-state index in [4.69, 9.17) is 17.0 Å². The van der Waals surface area contributed by atoms with E-state index in [0.717, 1.165) is 17.0 Å². The second-order valence-corrected chi connectivity index (χ2v) is 4.38. The lowest BCUT2D eigenvalue weighted by Crippen LogP contribution is -2.05. The summed E-state index contributed by atoms with van der Waals surface area (Å²) in [5.41, 5.74) is 3.53. The van der Waals surface area contributed by atoms with Gasteiger partial charge in [0.1, 0.15) is 0 Å². The van der Waals surface area contributed by atoms with Crippen molar-refractivity contribution in [3.63, 3.8) is 0 Å². The number of H-pyrrole nitrogens is 1. The first-order valence-corrected chi connectivity index (χ1v) is 5.97. The number of nitrogens with one attached hydrogen (secondary N) is 1. The van der Waals surface area contributed by atoms with Crippen molar-refractivity contribution in [1.29, 1.82) is 0 Å². The molecule has 0 spiro atoms. The lowest BCUT2D eigenvalue weighted by molar-refractivity contribution is 0.187. The molecule has 0 saturated carbocycles. The number of nitrogens with zero attached hydrogens (tertiary/aromatic N) is 1. The van der Waals surface area contributed by atoms with E-state index in [-0.39, 0.29) is 0 Å². The first-order chi connectivity index (χ1) is 8.22. The standard InChI is InChI=1S/C13H16N2OS/c1-10-3-5-11(6-4-10)12-9-14-13(17)15(12)7-8-16-2/h3-6,9H,7-8H2,1-2H3,(H,14,17). The zero-order chi connectivity index (χ0) is 12.3. The van der Waals surface area contributed by atoms with E-state index in [1.807, 2.05) is 6.20 Å². The van der Waals surface area contributed by atoms with E-state index in [1.165, 1.54) is 11.1 Å². The van der Waals surface area contributed by atoms with Crippen LogP contribution in [-0.4, -0.2) is 23.3 Å². The third-order valence-corrected chi connectivity index (χ3v) is 3.07. The summed E-state index contributed by atoms with van der Waals surface area (Å²) < 4.78 is 7.89. The average molecular weight is 248 g/mol. The molecule has 2 rings (SSSR count). The maximum atomic E-state index is 5.26. The number of benzene rings is 1. The van der Waals surface area contributed by atoms with E-state index in [1.54, 1.807) is 7.11 Å². The van der Waals surface area contributed by atoms with Gasteiger partial charge in [-0.25, -0.2) is 0 Å². The van der Waals surface area contributed by atoms with Gasteiger partial charge in [0.15, 0.2) is 4.77 Å². The van der Waals surface area contributed by atoms with Crippen molar-refractivity contribution >= 4 is 12.2 Å². The van der Waals surface area contributed by atoms with Gasteiger partial charge in [0.2, 0.25) is 0 Å². The monoisotopic (exact) mass is 248 g/mol. The highest BCUT2D eigenvalue weighted by Crippen LogP contribution is 2.20. The lowest BCUT2D eigenvalue weighted by atomic mass is 10.1. The van der Waals surface area contributed by atoms with Crippen LogP contribution < -0.4 is 0 Å². The predicted octanol–water partition coefficient (Wildman–Crippen LogP) is 3.17. The molecule has 0 unspecified atom stereocenters. The van der Waals surface area contributed by atoms with E-state index >= 15 is 0 Å². The maximum Gasteiger partial charge on any atom is 0.177 e. The topological polar surface area (TPSA) is 29.9 Å². The Balaban J connectivity index is 2.38. The molecule has 4 heteroatoms. The van der Waals surface area contributed by atoms with Crippen LogP contribution in [0.5, 0.6) is 0 Å². The zero-order valence-corrected chi connectivity index (χ0v) is 10.9. The zero-order valence-electron chi connectivity index (χ0n) is 10.1. The van der Waals surface area contributed by atoms with Crippen molar-refractivity contribution in [2.75, 3.05) is 13.7 Å². The summed E-state index contributed by atoms with van der Waals surface area (Å²) in [6, 6.07) is 8.42. The fourth-order valence-electron chi connectivity index (χ4n) is 1.76. The van der Waals surface area contributed by atoms with Crippen LogP contribution in [0.2, 0.25) is 0 Å². The molecule has 1 N–H and O–H groups in total. The molecule has 0 aliphatic carbocycles. The molecule has 0 bridgehead atoms. The minimum absolute atomic E-state index is 0.658. The second-order valence-electron chi connectivity index (χ2n) is 3.99. The Kier molecular flexibility index (Phi) is 3.76. The fraction of sp³-hybridized carbons (Fsp3) is 0.308. The van der Waals surface area contributed by atoms with Crippen molar-refractivity contribution in [2.45, 2.75) is 13.5 Å². The van der Waals surface area contributed by atoms with Crippen LogP contribution in [0, 0.1) is 11.7 Å². The molecular formula is C13H16N2OS. The smallest absolute Gasteiger partial charge is 0.177 e. The summed E-state index contributed by atoms with van der Waals surface area (Å²) in [7, 11) is 1.70. The number of hydrogen-bond acceptors (Lipinski definition) is 2. The second kappa shape index (κ2) is 5.29. The van der Waals surface area contributed by atoms with Crippen molar-refractivity contribution < 1.29 is 4.74 Å². The Morgan fingerprint density at radius 2 is 2.00 bits per heavy atom. The molecule has 0 fully saturated rings. The Hall–Kier alpha value is -1.39. The van der Waals surface area contributed by atoms with Crippen LogP contribution in [0.3, 0.4) is 0 Å². The molecular weight excluding hydrogens is 232 g/mol. The van der Waals surface area contributed by atoms with Gasteiger partial charge in [0, 0.05) is 19.9 Å². The molecule has 90 valence electrons. The largest absolute Gasteiger partial charge is 0.383 e. The Morgan fingerprint density at radius 3 is 2.65 bits per heavy atom. The number of aromatic nitrogens is 2. The van der Waals surface area contributed by atoms with Gasteiger partial charge in [-0.2, -0.15) is 0 Å². The van der Waals surface area contributed by atoms with Crippen molar-refractivity contribution in [2.24, 2.45) is 0 Å². The normalized spacial score (nSPS) is 10.7. The van der Waals surface area contributed by atoms with Crippen LogP contribution in [0.1, 0.15) is 5.56 Å². The molecule has 3 nitrogen and oxygen atoms in total. The molecule has 17 heavy (non-hydrogen) atoms. The molecule has 1 heterocycles. The average Bonchev–Trinajstić information content (AvgIpc) is 2.69. The molecule has 1 aromatic carbocycles. The van der Waals surface area contributed by atoms with Gasteiger partial charge < -0.3 is 14.3 Å². The highest BCUT2D eigenvalue weighted by molar-refractivity contribution is 7.71. The van der Waals surface area contributed by atoms with Gasteiger partial charge in [-0.05, 0) is 24.7 Å². The maximum absolute atomic E-state index is 5.26. The summed E-state index contributed by atoms with van der Waals surface area (Å²) >= 11 is 5.26. The number of aromatic amines is 1. The van der Waals surface area contributed by atoms with Gasteiger partial charge in [-0.3, -0.25) is 0 Å². The minimum Gasteiger partial charge on any atom is -0.383 e. The van der Waals surface area contributed by atoms with Crippen LogP contribution in [0.4, 0.5) is 0 Å². The number of rotatable bonds is 4. The summed E-state index contributed by atoms with van der Waals surface area (Å²) in [4.78, 5) is 3.08. The third-order valence-electron chi connectivity index (χ3n) is 2.73. The van der Waals surface area contributed by atoms with E-state index < -0.39 is 0 Å². The predicted molar refractivity (Wildman–Crippen MR) is 71.7 cm³/mol. The third kappa shape index (κ3) is 2.65. The summed E-state index contributed by atoms with van der Waals surface area (Å²) in [6.45, 7) is 3.51. The van der Waals surface area contributed by atoms with Gasteiger partial charge >= 0.3 is 0 Å². The van der Waals surface area contributed by atoms with Crippen molar-refractivity contribution in [1.82, 2.24) is 9.55 Å². The molecule has 0 amide bonds. The molecule has 0 atom stereocenters. The van der Waals surface area contributed by atoms with Crippen LogP contribution >= 0.6 is 12.2 Å². The van der Waals surface area contributed by atoms with E-state index in [2.05, 4.69) is 40.7 Å². The Morgan fingerprint density at radius 1 is 1.29 bits per heavy atom. The number of aryl methyl sites for hydroxylation is 1. The van der Waals surface area contributed by atoms with Crippen molar-refractivity contribution in [3.8, 4) is 11.3 Å². The fourth-order valence-corrected chi connectivity index (χ4v) is 2.01. The van der Waals surface area contributed by atoms with Crippen LogP contribution in [0.15, 0.2) is 30.5 Å². The molecule has 0 radical (unpaired) electrons. The molecule has 0 aliphatic heterocycles. The van der Waals surface area contributed by atoms with Crippen LogP contribution in [0.25, 0.3) is 11.3 Å². The van der Waals surface area contributed by atoms with E-state index in [0.29, 0.717) is 6.61 Å². The van der Waals surface area contributed by atoms with Crippen LogP contribution in [-0.2, 0) is 11.3 Å². The van der Waals surface area contributed by atoms with Gasteiger partial charge in [0.05, 0.1) is 12.3 Å². The summed E-state index contributed by atoms with van der Waals surface area (Å²) in [5, 5.41) is 0. The molecule has 1 aromatic heterocycles. The highest BCUT2D eigenvalue weighted by Gasteiger charge is 2.05. The first-order valence-electron chi connectivity index (χ1n) is 5.56. The number of methoxy groups -OCH3 is 1. The molecule has 0 aliphatic rings. The van der Waals surface area contributed by atoms with Gasteiger partial charge in [0.25, 0.3) is 0 Å². The highest BCUT2D eigenvalue weighted by atomic mass is 32.1. The number of ether oxygens (including phenoxy) is 1. The van der Waals surface area contributed by atoms with Gasteiger partial charge in [-0.1, -0.05) is 29.8 Å².